The first-order chi connectivity index (χ1) is 11.6. The second kappa shape index (κ2) is 7.59. The van der Waals surface area contributed by atoms with E-state index in [0.717, 1.165) is 16.3 Å². The fourth-order valence-corrected chi connectivity index (χ4v) is 3.23. The van der Waals surface area contributed by atoms with Crippen molar-refractivity contribution in [3.8, 4) is 5.75 Å². The third-order valence-corrected chi connectivity index (χ3v) is 4.56. The van der Waals surface area contributed by atoms with Crippen molar-refractivity contribution >= 4 is 22.5 Å². The molecule has 1 aliphatic heterocycles. The van der Waals surface area contributed by atoms with Crippen LogP contribution in [0.1, 0.15) is 17.5 Å². The molecule has 1 fully saturated rings. The highest BCUT2D eigenvalue weighted by atomic mass is 32.1. The average molecular weight is 348 g/mol. The Hall–Kier alpha value is -2.19. The number of carbonyl (C=O) groups excluding carboxylic acids is 1. The number of carbonyl (C=O) groups is 1. The molecule has 24 heavy (non-hydrogen) atoms. The molecule has 0 aliphatic carbocycles. The summed E-state index contributed by atoms with van der Waals surface area (Å²) in [6, 6.07) is 7.66. The molecule has 1 saturated heterocycles. The van der Waals surface area contributed by atoms with Gasteiger partial charge in [-0.15, -0.1) is 10.2 Å². The van der Waals surface area contributed by atoms with E-state index in [1.165, 1.54) is 11.3 Å². The molecule has 1 aromatic heterocycles. The first-order valence-electron chi connectivity index (χ1n) is 7.77. The molecule has 3 rings (SSSR count). The molecule has 1 aromatic carbocycles. The van der Waals surface area contributed by atoms with Crippen LogP contribution in [0.25, 0.3) is 0 Å². The fourth-order valence-electron chi connectivity index (χ4n) is 2.47. The fraction of sp³-hybridized carbons (Fsp3) is 0.438. The zero-order valence-corrected chi connectivity index (χ0v) is 14.5. The zero-order chi connectivity index (χ0) is 16.9. The minimum atomic E-state index is -0.155. The van der Waals surface area contributed by atoms with Gasteiger partial charge in [0.1, 0.15) is 10.8 Å². The molecule has 7 nitrogen and oxygen atoms in total. The maximum absolute atomic E-state index is 12.2. The van der Waals surface area contributed by atoms with Crippen LogP contribution in [0.4, 0.5) is 9.93 Å². The van der Waals surface area contributed by atoms with Crippen molar-refractivity contribution in [3.63, 3.8) is 0 Å². The molecule has 2 amide bonds. The standard InChI is InChI=1S/C16H20N4O3S/c1-11-10-20(7-8-23-11)16(21)17-15-19-18-14(24-15)9-12-3-5-13(22-2)6-4-12/h3-6,11H,7-10H2,1-2H3,(H,17,19,21). The van der Waals surface area contributed by atoms with E-state index >= 15 is 0 Å². The lowest BCUT2D eigenvalue weighted by Gasteiger charge is -2.30. The molecule has 0 bridgehead atoms. The van der Waals surface area contributed by atoms with E-state index in [0.29, 0.717) is 31.2 Å². The largest absolute Gasteiger partial charge is 0.497 e. The summed E-state index contributed by atoms with van der Waals surface area (Å²) in [6.45, 7) is 3.70. The number of morpholine rings is 1. The summed E-state index contributed by atoms with van der Waals surface area (Å²) < 4.78 is 10.6. The summed E-state index contributed by atoms with van der Waals surface area (Å²) in [6.07, 6.45) is 0.733. The number of nitrogens with zero attached hydrogens (tertiary/aromatic N) is 3. The van der Waals surface area contributed by atoms with Gasteiger partial charge < -0.3 is 14.4 Å². The van der Waals surface area contributed by atoms with E-state index in [2.05, 4.69) is 15.5 Å². The van der Waals surface area contributed by atoms with Crippen molar-refractivity contribution < 1.29 is 14.3 Å². The van der Waals surface area contributed by atoms with E-state index in [1.807, 2.05) is 31.2 Å². The number of hydrogen-bond acceptors (Lipinski definition) is 6. The lowest BCUT2D eigenvalue weighted by Crippen LogP contribution is -2.46. The zero-order valence-electron chi connectivity index (χ0n) is 13.7. The topological polar surface area (TPSA) is 76.6 Å². The van der Waals surface area contributed by atoms with Crippen LogP contribution < -0.4 is 10.1 Å². The van der Waals surface area contributed by atoms with E-state index in [1.54, 1.807) is 12.0 Å². The molecular formula is C16H20N4O3S. The van der Waals surface area contributed by atoms with Crippen LogP contribution in [0.3, 0.4) is 0 Å². The molecule has 128 valence electrons. The van der Waals surface area contributed by atoms with Gasteiger partial charge in [-0.05, 0) is 24.6 Å². The summed E-state index contributed by atoms with van der Waals surface area (Å²) >= 11 is 1.39. The molecule has 0 radical (unpaired) electrons. The van der Waals surface area contributed by atoms with Crippen LogP contribution in [0.15, 0.2) is 24.3 Å². The lowest BCUT2D eigenvalue weighted by molar-refractivity contribution is -0.00138. The molecule has 1 aliphatic rings. The van der Waals surface area contributed by atoms with Crippen LogP contribution >= 0.6 is 11.3 Å². The van der Waals surface area contributed by atoms with Gasteiger partial charge in [-0.2, -0.15) is 0 Å². The van der Waals surface area contributed by atoms with Gasteiger partial charge in [0, 0.05) is 19.5 Å². The lowest BCUT2D eigenvalue weighted by atomic mass is 10.1. The number of ether oxygens (including phenoxy) is 2. The predicted octanol–water partition coefficient (Wildman–Crippen LogP) is 2.39. The quantitative estimate of drug-likeness (QED) is 0.918. The number of amides is 2. The van der Waals surface area contributed by atoms with Crippen LogP contribution in [-0.2, 0) is 11.2 Å². The minimum absolute atomic E-state index is 0.0598. The van der Waals surface area contributed by atoms with E-state index in [-0.39, 0.29) is 12.1 Å². The number of urea groups is 1. The van der Waals surface area contributed by atoms with Crippen molar-refractivity contribution in [1.82, 2.24) is 15.1 Å². The van der Waals surface area contributed by atoms with Crippen molar-refractivity contribution in [2.45, 2.75) is 19.4 Å². The van der Waals surface area contributed by atoms with Gasteiger partial charge in [0.05, 0.1) is 19.8 Å². The van der Waals surface area contributed by atoms with Gasteiger partial charge >= 0.3 is 6.03 Å². The smallest absolute Gasteiger partial charge is 0.323 e. The number of rotatable bonds is 4. The van der Waals surface area contributed by atoms with E-state index in [4.69, 9.17) is 9.47 Å². The Morgan fingerprint density at radius 1 is 1.42 bits per heavy atom. The van der Waals surface area contributed by atoms with Crippen molar-refractivity contribution in [2.75, 3.05) is 32.1 Å². The molecular weight excluding hydrogens is 328 g/mol. The Bertz CT molecular complexity index is 689. The summed E-state index contributed by atoms with van der Waals surface area (Å²) in [7, 11) is 1.64. The number of aromatic nitrogens is 2. The molecule has 0 spiro atoms. The van der Waals surface area contributed by atoms with Crippen molar-refractivity contribution in [1.29, 1.82) is 0 Å². The first kappa shape index (κ1) is 16.7. The Morgan fingerprint density at radius 2 is 2.21 bits per heavy atom. The Morgan fingerprint density at radius 3 is 2.92 bits per heavy atom. The molecule has 2 aromatic rings. The van der Waals surface area contributed by atoms with E-state index < -0.39 is 0 Å². The van der Waals surface area contributed by atoms with Crippen LogP contribution in [0.2, 0.25) is 0 Å². The van der Waals surface area contributed by atoms with Gasteiger partial charge in [-0.1, -0.05) is 23.5 Å². The number of hydrogen-bond donors (Lipinski definition) is 1. The minimum Gasteiger partial charge on any atom is -0.497 e. The molecule has 2 heterocycles. The molecule has 1 atom stereocenters. The maximum Gasteiger partial charge on any atom is 0.323 e. The Labute approximate surface area is 144 Å². The monoisotopic (exact) mass is 348 g/mol. The first-order valence-corrected chi connectivity index (χ1v) is 8.58. The highest BCUT2D eigenvalue weighted by Gasteiger charge is 2.22. The van der Waals surface area contributed by atoms with Crippen molar-refractivity contribution in [2.24, 2.45) is 0 Å². The molecule has 1 unspecified atom stereocenters. The summed E-state index contributed by atoms with van der Waals surface area (Å²) in [5, 5.41) is 12.4. The second-order valence-corrected chi connectivity index (χ2v) is 6.65. The van der Waals surface area contributed by atoms with Gasteiger partial charge in [-0.25, -0.2) is 4.79 Å². The van der Waals surface area contributed by atoms with Crippen LogP contribution in [0.5, 0.6) is 5.75 Å². The average Bonchev–Trinajstić information content (AvgIpc) is 3.02. The van der Waals surface area contributed by atoms with Gasteiger partial charge in [-0.3, -0.25) is 5.32 Å². The van der Waals surface area contributed by atoms with E-state index in [9.17, 15) is 4.79 Å². The number of anilines is 1. The molecule has 0 saturated carbocycles. The molecule has 1 N–H and O–H groups in total. The van der Waals surface area contributed by atoms with Crippen molar-refractivity contribution in [3.05, 3.63) is 34.8 Å². The summed E-state index contributed by atoms with van der Waals surface area (Å²) in [5.74, 6) is 0.823. The SMILES string of the molecule is COc1ccc(Cc2nnc(NC(=O)N3CCOC(C)C3)s2)cc1. The highest BCUT2D eigenvalue weighted by Crippen LogP contribution is 2.20. The van der Waals surface area contributed by atoms with Gasteiger partial charge in [0.2, 0.25) is 5.13 Å². The summed E-state index contributed by atoms with van der Waals surface area (Å²) in [4.78, 5) is 14.0. The third kappa shape index (κ3) is 4.21. The number of nitrogens with one attached hydrogen (secondary N) is 1. The van der Waals surface area contributed by atoms with Gasteiger partial charge in [0.25, 0.3) is 0 Å². The van der Waals surface area contributed by atoms with Gasteiger partial charge in [0.15, 0.2) is 0 Å². The third-order valence-electron chi connectivity index (χ3n) is 3.72. The van der Waals surface area contributed by atoms with Crippen LogP contribution in [-0.4, -0.2) is 54.0 Å². The number of benzene rings is 1. The Balaban J connectivity index is 1.57. The highest BCUT2D eigenvalue weighted by molar-refractivity contribution is 7.15. The Kier molecular flexibility index (Phi) is 5.27. The molecule has 8 heteroatoms. The predicted molar refractivity (Wildman–Crippen MR) is 91.7 cm³/mol. The second-order valence-electron chi connectivity index (χ2n) is 5.58. The normalized spacial score (nSPS) is 17.6. The number of methoxy groups -OCH3 is 1. The summed E-state index contributed by atoms with van der Waals surface area (Å²) in [5.41, 5.74) is 1.12. The van der Waals surface area contributed by atoms with Crippen LogP contribution in [0, 0.1) is 0 Å². The maximum atomic E-state index is 12.2.